The quantitative estimate of drug-likeness (QED) is 0.892. The maximum Gasteiger partial charge on any atom is 0.220 e. The molecule has 1 aromatic carbocycles. The molecule has 0 aliphatic heterocycles. The van der Waals surface area contributed by atoms with Crippen LogP contribution in [0.5, 0.6) is 0 Å². The molecule has 118 valence electrons. The fourth-order valence-electron chi connectivity index (χ4n) is 2.30. The van der Waals surface area contributed by atoms with Crippen molar-refractivity contribution in [3.63, 3.8) is 0 Å². The van der Waals surface area contributed by atoms with Gasteiger partial charge in [0.1, 0.15) is 5.82 Å². The molecule has 1 N–H and O–H groups in total. The summed E-state index contributed by atoms with van der Waals surface area (Å²) < 4.78 is 14.7. The highest BCUT2D eigenvalue weighted by Crippen LogP contribution is 2.14. The van der Waals surface area contributed by atoms with Crippen LogP contribution in [0, 0.1) is 12.7 Å². The average molecular weight is 303 g/mol. The maximum absolute atomic E-state index is 12.9. The van der Waals surface area contributed by atoms with Crippen LogP contribution >= 0.6 is 0 Å². The third-order valence-electron chi connectivity index (χ3n) is 4.00. The van der Waals surface area contributed by atoms with Gasteiger partial charge in [-0.25, -0.2) is 4.39 Å². The van der Waals surface area contributed by atoms with Gasteiger partial charge in [-0.05, 0) is 42.5 Å². The predicted octanol–water partition coefficient (Wildman–Crippen LogP) is 2.72. The summed E-state index contributed by atoms with van der Waals surface area (Å²) in [5, 5.41) is 7.10. The lowest BCUT2D eigenvalue weighted by Gasteiger charge is -2.13. The van der Waals surface area contributed by atoms with Crippen LogP contribution in [0.25, 0.3) is 0 Å². The summed E-state index contributed by atoms with van der Waals surface area (Å²) in [5.41, 5.74) is 3.21. The van der Waals surface area contributed by atoms with Crippen molar-refractivity contribution in [2.75, 3.05) is 6.54 Å². The van der Waals surface area contributed by atoms with Gasteiger partial charge in [-0.2, -0.15) is 5.10 Å². The second kappa shape index (κ2) is 7.20. The molecule has 4 nitrogen and oxygen atoms in total. The van der Waals surface area contributed by atoms with E-state index in [0.29, 0.717) is 19.4 Å². The van der Waals surface area contributed by atoms with Gasteiger partial charge in [0.25, 0.3) is 0 Å². The predicted molar refractivity (Wildman–Crippen MR) is 84.1 cm³/mol. The summed E-state index contributed by atoms with van der Waals surface area (Å²) in [7, 11) is 1.89. The molecule has 1 heterocycles. The number of carbonyl (C=O) groups is 1. The first-order valence-corrected chi connectivity index (χ1v) is 7.47. The zero-order chi connectivity index (χ0) is 16.1. The van der Waals surface area contributed by atoms with Gasteiger partial charge in [-0.15, -0.1) is 0 Å². The molecular formula is C17H22FN3O. The Morgan fingerprint density at radius 2 is 2.05 bits per heavy atom. The van der Waals surface area contributed by atoms with Gasteiger partial charge < -0.3 is 5.32 Å². The van der Waals surface area contributed by atoms with Gasteiger partial charge in [-0.1, -0.05) is 19.1 Å². The minimum absolute atomic E-state index is 0.0252. The van der Waals surface area contributed by atoms with Crippen LogP contribution in [0.4, 0.5) is 4.39 Å². The van der Waals surface area contributed by atoms with Gasteiger partial charge in [0.2, 0.25) is 5.91 Å². The number of nitrogens with one attached hydrogen (secondary N) is 1. The third-order valence-corrected chi connectivity index (χ3v) is 4.00. The Morgan fingerprint density at radius 3 is 2.64 bits per heavy atom. The second-order valence-corrected chi connectivity index (χ2v) is 5.64. The van der Waals surface area contributed by atoms with Crippen molar-refractivity contribution in [2.24, 2.45) is 7.05 Å². The molecule has 2 aromatic rings. The molecule has 0 spiro atoms. The number of aryl methyl sites for hydroxylation is 2. The van der Waals surface area contributed by atoms with E-state index < -0.39 is 0 Å². The Labute approximate surface area is 130 Å². The van der Waals surface area contributed by atoms with Crippen molar-refractivity contribution in [3.8, 4) is 0 Å². The highest BCUT2D eigenvalue weighted by Gasteiger charge is 2.10. The van der Waals surface area contributed by atoms with E-state index in [9.17, 15) is 9.18 Å². The molecule has 1 unspecified atom stereocenters. The topological polar surface area (TPSA) is 46.9 Å². The van der Waals surface area contributed by atoms with Gasteiger partial charge in [-0.3, -0.25) is 9.48 Å². The zero-order valence-corrected chi connectivity index (χ0v) is 13.3. The number of nitrogens with zero attached hydrogens (tertiary/aromatic N) is 2. The Bertz CT molecular complexity index is 634. The van der Waals surface area contributed by atoms with Crippen molar-refractivity contribution in [1.82, 2.24) is 15.1 Å². The maximum atomic E-state index is 12.9. The monoisotopic (exact) mass is 303 g/mol. The van der Waals surface area contributed by atoms with E-state index in [4.69, 9.17) is 0 Å². The van der Waals surface area contributed by atoms with Crippen molar-refractivity contribution in [1.29, 1.82) is 0 Å². The number of carbonyl (C=O) groups excluding carboxylic acids is 1. The average Bonchev–Trinajstić information content (AvgIpc) is 2.83. The summed E-state index contributed by atoms with van der Waals surface area (Å²) >= 11 is 0. The summed E-state index contributed by atoms with van der Waals surface area (Å²) in [6, 6.07) is 6.40. The molecule has 0 radical (unpaired) electrons. The third kappa shape index (κ3) is 4.16. The number of amides is 1. The molecule has 0 aliphatic carbocycles. The van der Waals surface area contributed by atoms with E-state index in [0.717, 1.165) is 16.8 Å². The Balaban J connectivity index is 1.77. The molecule has 1 atom stereocenters. The molecule has 1 amide bonds. The smallest absolute Gasteiger partial charge is 0.220 e. The summed E-state index contributed by atoms with van der Waals surface area (Å²) in [4.78, 5) is 11.9. The van der Waals surface area contributed by atoms with Gasteiger partial charge >= 0.3 is 0 Å². The minimum Gasteiger partial charge on any atom is -0.355 e. The first kappa shape index (κ1) is 16.2. The number of hydrogen-bond acceptors (Lipinski definition) is 2. The number of aromatic nitrogens is 2. The molecule has 0 saturated heterocycles. The molecule has 0 saturated carbocycles. The first-order valence-electron chi connectivity index (χ1n) is 7.47. The molecule has 1 aromatic heterocycles. The van der Waals surface area contributed by atoms with E-state index >= 15 is 0 Å². The molecule has 5 heteroatoms. The SMILES string of the molecule is Cc1c(CCC(=O)NCC(C)c2ccc(F)cc2)cnn1C. The first-order chi connectivity index (χ1) is 10.5. The fourth-order valence-corrected chi connectivity index (χ4v) is 2.30. The van der Waals surface area contributed by atoms with E-state index in [1.165, 1.54) is 12.1 Å². The Morgan fingerprint density at radius 1 is 1.36 bits per heavy atom. The largest absolute Gasteiger partial charge is 0.355 e. The van der Waals surface area contributed by atoms with E-state index in [-0.39, 0.29) is 17.6 Å². The zero-order valence-electron chi connectivity index (χ0n) is 13.3. The van der Waals surface area contributed by atoms with Crippen LogP contribution in [-0.4, -0.2) is 22.2 Å². The van der Waals surface area contributed by atoms with Gasteiger partial charge in [0, 0.05) is 25.7 Å². The molecule has 0 aliphatic rings. The fraction of sp³-hybridized carbons (Fsp3) is 0.412. The van der Waals surface area contributed by atoms with Crippen LogP contribution < -0.4 is 5.32 Å². The van der Waals surface area contributed by atoms with E-state index in [1.54, 1.807) is 12.1 Å². The minimum atomic E-state index is -0.244. The molecule has 22 heavy (non-hydrogen) atoms. The van der Waals surface area contributed by atoms with Crippen molar-refractivity contribution >= 4 is 5.91 Å². The van der Waals surface area contributed by atoms with Gasteiger partial charge in [0.15, 0.2) is 0 Å². The lowest BCUT2D eigenvalue weighted by molar-refractivity contribution is -0.121. The molecule has 0 fully saturated rings. The van der Waals surface area contributed by atoms with Crippen LogP contribution in [-0.2, 0) is 18.3 Å². The van der Waals surface area contributed by atoms with Crippen LogP contribution in [0.15, 0.2) is 30.5 Å². The standard InChI is InChI=1S/C17H22FN3O/c1-12(14-4-7-16(18)8-5-14)10-19-17(22)9-6-15-11-20-21(3)13(15)2/h4-5,7-8,11-12H,6,9-10H2,1-3H3,(H,19,22). The van der Waals surface area contributed by atoms with Crippen LogP contribution in [0.1, 0.15) is 36.1 Å². The second-order valence-electron chi connectivity index (χ2n) is 5.64. The lowest BCUT2D eigenvalue weighted by atomic mass is 10.0. The lowest BCUT2D eigenvalue weighted by Crippen LogP contribution is -2.27. The molecule has 2 rings (SSSR count). The van der Waals surface area contributed by atoms with Gasteiger partial charge in [0.05, 0.1) is 6.20 Å². The highest BCUT2D eigenvalue weighted by atomic mass is 19.1. The van der Waals surface area contributed by atoms with Crippen LogP contribution in [0.3, 0.4) is 0 Å². The van der Waals surface area contributed by atoms with Crippen molar-refractivity contribution in [2.45, 2.75) is 32.6 Å². The van der Waals surface area contributed by atoms with E-state index in [1.807, 2.05) is 31.8 Å². The normalized spacial score (nSPS) is 12.2. The van der Waals surface area contributed by atoms with E-state index in [2.05, 4.69) is 10.4 Å². The highest BCUT2D eigenvalue weighted by molar-refractivity contribution is 5.76. The molecule has 0 bridgehead atoms. The number of rotatable bonds is 6. The summed E-state index contributed by atoms with van der Waals surface area (Å²) in [6.07, 6.45) is 2.95. The van der Waals surface area contributed by atoms with Crippen molar-refractivity contribution in [3.05, 3.63) is 53.1 Å². The number of halogens is 1. The number of benzene rings is 1. The van der Waals surface area contributed by atoms with Crippen molar-refractivity contribution < 1.29 is 9.18 Å². The number of hydrogen-bond donors (Lipinski definition) is 1. The van der Waals surface area contributed by atoms with Crippen LogP contribution in [0.2, 0.25) is 0 Å². The Kier molecular flexibility index (Phi) is 5.31. The Hall–Kier alpha value is -2.17. The summed E-state index contributed by atoms with van der Waals surface area (Å²) in [5.74, 6) is -0.0614. The summed E-state index contributed by atoms with van der Waals surface area (Å²) in [6.45, 7) is 4.56. The molecular weight excluding hydrogens is 281 g/mol.